The smallest absolute Gasteiger partial charge is 0.116 e. The zero-order chi connectivity index (χ0) is 7.40. The van der Waals surface area contributed by atoms with Gasteiger partial charge in [0.15, 0.2) is 0 Å². The van der Waals surface area contributed by atoms with Gasteiger partial charge in [0.1, 0.15) is 5.75 Å². The Hall–Kier alpha value is -1.24. The van der Waals surface area contributed by atoms with Crippen LogP contribution in [0.15, 0.2) is 30.3 Å². The Balaban J connectivity index is 2.95. The van der Waals surface area contributed by atoms with Crippen LogP contribution >= 0.6 is 0 Å². The molecule has 0 spiro atoms. The van der Waals surface area contributed by atoms with Crippen LogP contribution in [0.4, 0.5) is 0 Å². The van der Waals surface area contributed by atoms with Crippen LogP contribution < -0.4 is 0 Å². The molecule has 1 rings (SSSR count). The maximum atomic E-state index is 9.01. The van der Waals surface area contributed by atoms with Crippen molar-refractivity contribution >= 4 is 6.08 Å². The Labute approximate surface area is 60.6 Å². The van der Waals surface area contributed by atoms with Gasteiger partial charge in [-0.05, 0) is 24.6 Å². The SMILES string of the molecule is C/C=C/c1cccc(O)c1. The van der Waals surface area contributed by atoms with Crippen LogP contribution in [0.5, 0.6) is 5.75 Å². The third-order valence-electron chi connectivity index (χ3n) is 1.23. The summed E-state index contributed by atoms with van der Waals surface area (Å²) in [7, 11) is 0. The largest absolute Gasteiger partial charge is 0.508 e. The first kappa shape index (κ1) is 6.87. The molecule has 1 aromatic carbocycles. The second-order valence-corrected chi connectivity index (χ2v) is 2.09. The Kier molecular flexibility index (Phi) is 2.11. The van der Waals surface area contributed by atoms with Gasteiger partial charge in [-0.15, -0.1) is 0 Å². The molecule has 0 fully saturated rings. The van der Waals surface area contributed by atoms with Crippen molar-refractivity contribution in [2.45, 2.75) is 6.92 Å². The molecule has 0 aliphatic rings. The van der Waals surface area contributed by atoms with E-state index in [9.17, 15) is 0 Å². The van der Waals surface area contributed by atoms with Gasteiger partial charge < -0.3 is 5.11 Å². The molecule has 0 atom stereocenters. The van der Waals surface area contributed by atoms with Crippen molar-refractivity contribution in [1.29, 1.82) is 0 Å². The monoisotopic (exact) mass is 134 g/mol. The molecule has 0 saturated carbocycles. The highest BCUT2D eigenvalue weighted by Gasteiger charge is 1.86. The molecule has 0 aliphatic carbocycles. The maximum Gasteiger partial charge on any atom is 0.116 e. The number of phenolic OH excluding ortho intramolecular Hbond substituents is 1. The summed E-state index contributed by atoms with van der Waals surface area (Å²) in [5.41, 5.74) is 1.03. The molecule has 0 saturated heterocycles. The highest BCUT2D eigenvalue weighted by molar-refractivity contribution is 5.50. The van der Waals surface area contributed by atoms with E-state index in [-0.39, 0.29) is 0 Å². The highest BCUT2D eigenvalue weighted by atomic mass is 16.3. The third kappa shape index (κ3) is 1.62. The van der Waals surface area contributed by atoms with Crippen molar-refractivity contribution < 1.29 is 5.11 Å². The van der Waals surface area contributed by atoms with Crippen molar-refractivity contribution in [2.24, 2.45) is 0 Å². The average Bonchev–Trinajstić information content (AvgIpc) is 1.88. The predicted octanol–water partition coefficient (Wildman–Crippen LogP) is 2.43. The van der Waals surface area contributed by atoms with E-state index < -0.39 is 0 Å². The topological polar surface area (TPSA) is 20.2 Å². The summed E-state index contributed by atoms with van der Waals surface area (Å²) in [5.74, 6) is 0.315. The summed E-state index contributed by atoms with van der Waals surface area (Å²) in [6.45, 7) is 1.95. The molecule has 1 N–H and O–H groups in total. The summed E-state index contributed by atoms with van der Waals surface area (Å²) in [4.78, 5) is 0. The van der Waals surface area contributed by atoms with E-state index in [2.05, 4.69) is 0 Å². The molecular weight excluding hydrogens is 124 g/mol. The number of allylic oxidation sites excluding steroid dienone is 1. The van der Waals surface area contributed by atoms with Gasteiger partial charge in [-0.1, -0.05) is 24.3 Å². The van der Waals surface area contributed by atoms with Crippen LogP contribution in [-0.4, -0.2) is 5.11 Å². The van der Waals surface area contributed by atoms with Crippen LogP contribution in [0.25, 0.3) is 6.08 Å². The lowest BCUT2D eigenvalue weighted by Gasteiger charge is -1.92. The fraction of sp³-hybridized carbons (Fsp3) is 0.111. The van der Waals surface area contributed by atoms with Crippen LogP contribution in [-0.2, 0) is 0 Å². The van der Waals surface area contributed by atoms with Gasteiger partial charge in [0.2, 0.25) is 0 Å². The van der Waals surface area contributed by atoms with E-state index in [4.69, 9.17) is 5.11 Å². The predicted molar refractivity (Wildman–Crippen MR) is 42.8 cm³/mol. The molecule has 52 valence electrons. The Bertz CT molecular complexity index is 238. The van der Waals surface area contributed by atoms with Gasteiger partial charge in [0, 0.05) is 0 Å². The van der Waals surface area contributed by atoms with Crippen LogP contribution in [0.1, 0.15) is 12.5 Å². The number of aromatic hydroxyl groups is 1. The van der Waals surface area contributed by atoms with E-state index in [0.29, 0.717) is 5.75 Å². The van der Waals surface area contributed by atoms with Crippen LogP contribution in [0.3, 0.4) is 0 Å². The number of hydrogen-bond acceptors (Lipinski definition) is 1. The molecule has 0 aliphatic heterocycles. The standard InChI is InChI=1S/C9H10O/c1-2-4-8-5-3-6-9(10)7-8/h2-7,10H,1H3/b4-2+. The molecule has 0 radical (unpaired) electrons. The molecule has 0 aromatic heterocycles. The Morgan fingerprint density at radius 3 is 2.80 bits per heavy atom. The van der Waals surface area contributed by atoms with Crippen LogP contribution in [0.2, 0.25) is 0 Å². The molecule has 0 amide bonds. The summed E-state index contributed by atoms with van der Waals surface area (Å²) >= 11 is 0. The quantitative estimate of drug-likeness (QED) is 0.625. The lowest BCUT2D eigenvalue weighted by Crippen LogP contribution is -1.68. The van der Waals surface area contributed by atoms with E-state index in [0.717, 1.165) is 5.56 Å². The van der Waals surface area contributed by atoms with E-state index in [1.54, 1.807) is 12.1 Å². The van der Waals surface area contributed by atoms with Crippen molar-refractivity contribution in [3.63, 3.8) is 0 Å². The maximum absolute atomic E-state index is 9.01. The summed E-state index contributed by atoms with van der Waals surface area (Å²) < 4.78 is 0. The van der Waals surface area contributed by atoms with Gasteiger partial charge in [0.25, 0.3) is 0 Å². The number of benzene rings is 1. The van der Waals surface area contributed by atoms with E-state index in [1.165, 1.54) is 0 Å². The zero-order valence-corrected chi connectivity index (χ0v) is 5.91. The van der Waals surface area contributed by atoms with Gasteiger partial charge in [-0.25, -0.2) is 0 Å². The van der Waals surface area contributed by atoms with Gasteiger partial charge in [-0.3, -0.25) is 0 Å². The number of rotatable bonds is 1. The van der Waals surface area contributed by atoms with Crippen molar-refractivity contribution in [3.05, 3.63) is 35.9 Å². The van der Waals surface area contributed by atoms with E-state index in [1.807, 2.05) is 31.2 Å². The molecule has 10 heavy (non-hydrogen) atoms. The molecule has 1 aromatic rings. The summed E-state index contributed by atoms with van der Waals surface area (Å²) in [5, 5.41) is 9.01. The van der Waals surface area contributed by atoms with Crippen molar-refractivity contribution in [3.8, 4) is 5.75 Å². The van der Waals surface area contributed by atoms with Gasteiger partial charge >= 0.3 is 0 Å². The second kappa shape index (κ2) is 3.06. The Morgan fingerprint density at radius 2 is 2.20 bits per heavy atom. The molecule has 0 heterocycles. The van der Waals surface area contributed by atoms with Crippen LogP contribution in [0, 0.1) is 0 Å². The minimum Gasteiger partial charge on any atom is -0.508 e. The van der Waals surface area contributed by atoms with Gasteiger partial charge in [0.05, 0.1) is 0 Å². The minimum atomic E-state index is 0.315. The molecule has 0 unspecified atom stereocenters. The molecule has 1 nitrogen and oxygen atoms in total. The van der Waals surface area contributed by atoms with Gasteiger partial charge in [-0.2, -0.15) is 0 Å². The first-order chi connectivity index (χ1) is 4.83. The summed E-state index contributed by atoms with van der Waals surface area (Å²) in [6, 6.07) is 7.15. The minimum absolute atomic E-state index is 0.315. The summed E-state index contributed by atoms with van der Waals surface area (Å²) in [6.07, 6.45) is 3.88. The Morgan fingerprint density at radius 1 is 1.40 bits per heavy atom. The average molecular weight is 134 g/mol. The highest BCUT2D eigenvalue weighted by Crippen LogP contribution is 2.11. The zero-order valence-electron chi connectivity index (χ0n) is 5.91. The second-order valence-electron chi connectivity index (χ2n) is 2.09. The lowest BCUT2D eigenvalue weighted by atomic mass is 10.2. The third-order valence-corrected chi connectivity index (χ3v) is 1.23. The first-order valence-corrected chi connectivity index (χ1v) is 3.24. The van der Waals surface area contributed by atoms with E-state index >= 15 is 0 Å². The first-order valence-electron chi connectivity index (χ1n) is 3.24. The number of hydrogen-bond donors (Lipinski definition) is 1. The molecule has 0 bridgehead atoms. The van der Waals surface area contributed by atoms with Crippen molar-refractivity contribution in [1.82, 2.24) is 0 Å². The van der Waals surface area contributed by atoms with Crippen molar-refractivity contribution in [2.75, 3.05) is 0 Å². The molecular formula is C9H10O. The lowest BCUT2D eigenvalue weighted by molar-refractivity contribution is 0.475. The normalized spacial score (nSPS) is 10.5. The number of phenols is 1. The fourth-order valence-electron chi connectivity index (χ4n) is 0.821. The fourth-order valence-corrected chi connectivity index (χ4v) is 0.821. The molecule has 1 heteroatoms.